The molecule has 0 unspecified atom stereocenters. The number of nitrogens with zero attached hydrogens (tertiary/aromatic N) is 1. The Kier molecular flexibility index (Phi) is 5.64. The van der Waals surface area contributed by atoms with Crippen LogP contribution in [0.3, 0.4) is 0 Å². The molecule has 1 heterocycles. The van der Waals surface area contributed by atoms with Gasteiger partial charge in [-0.1, -0.05) is 11.6 Å². The highest BCUT2D eigenvalue weighted by atomic mass is 35.5. The largest absolute Gasteiger partial charge is 0.442 e. The third-order valence-electron chi connectivity index (χ3n) is 2.98. The zero-order valence-electron chi connectivity index (χ0n) is 11.7. The molecule has 0 aliphatic carbocycles. The van der Waals surface area contributed by atoms with Crippen molar-refractivity contribution in [2.75, 3.05) is 35.6 Å². The summed E-state index contributed by atoms with van der Waals surface area (Å²) in [5.74, 6) is -1.61. The van der Waals surface area contributed by atoms with Crippen LogP contribution in [0, 0.1) is 0 Å². The van der Waals surface area contributed by atoms with Gasteiger partial charge in [0.15, 0.2) is 0 Å². The van der Waals surface area contributed by atoms with Crippen LogP contribution in [0.5, 0.6) is 0 Å². The van der Waals surface area contributed by atoms with Crippen LogP contribution in [0.2, 0.25) is 5.02 Å². The van der Waals surface area contributed by atoms with Gasteiger partial charge in [0.1, 0.15) is 0 Å². The molecular formula is C13H13ClF3N3O2S. The van der Waals surface area contributed by atoms with Crippen LogP contribution >= 0.6 is 23.4 Å². The quantitative estimate of drug-likeness (QED) is 0.858. The summed E-state index contributed by atoms with van der Waals surface area (Å²) in [5.41, 5.74) is -3.52. The lowest BCUT2D eigenvalue weighted by Crippen LogP contribution is -2.47. The van der Waals surface area contributed by atoms with Gasteiger partial charge in [-0.15, -0.1) is 0 Å². The van der Waals surface area contributed by atoms with Crippen LogP contribution in [0.25, 0.3) is 0 Å². The van der Waals surface area contributed by atoms with E-state index in [1.54, 1.807) is 11.0 Å². The number of nitrogens with one attached hydrogen (secondary N) is 2. The molecule has 1 aliphatic heterocycles. The van der Waals surface area contributed by atoms with Crippen molar-refractivity contribution in [2.45, 2.75) is 5.51 Å². The van der Waals surface area contributed by atoms with Gasteiger partial charge in [0.05, 0.1) is 23.0 Å². The van der Waals surface area contributed by atoms with Gasteiger partial charge in [-0.05, 0) is 30.0 Å². The fourth-order valence-corrected chi connectivity index (χ4v) is 2.70. The number of thioether (sulfide) groups is 1. The molecule has 0 radical (unpaired) electrons. The van der Waals surface area contributed by atoms with Crippen LogP contribution in [0.15, 0.2) is 18.2 Å². The normalized spacial score (nSPS) is 15.3. The minimum atomic E-state index is -4.45. The van der Waals surface area contributed by atoms with E-state index in [0.717, 1.165) is 0 Å². The number of piperazine rings is 1. The second kappa shape index (κ2) is 7.31. The molecule has 0 bridgehead atoms. The average molecular weight is 368 g/mol. The topological polar surface area (TPSA) is 61.4 Å². The van der Waals surface area contributed by atoms with Gasteiger partial charge in [0, 0.05) is 18.8 Å². The molecule has 1 aromatic carbocycles. The van der Waals surface area contributed by atoms with Gasteiger partial charge < -0.3 is 15.5 Å². The van der Waals surface area contributed by atoms with Crippen LogP contribution in [0.4, 0.5) is 24.5 Å². The third-order valence-corrected chi connectivity index (χ3v) is 4.01. The molecule has 2 amide bonds. The van der Waals surface area contributed by atoms with Crippen molar-refractivity contribution in [3.05, 3.63) is 23.2 Å². The zero-order chi connectivity index (χ0) is 17.0. The Morgan fingerprint density at radius 1 is 1.43 bits per heavy atom. The maximum Gasteiger partial charge on any atom is 0.442 e. The monoisotopic (exact) mass is 367 g/mol. The number of hydrogen-bond donors (Lipinski definition) is 2. The van der Waals surface area contributed by atoms with E-state index >= 15 is 0 Å². The minimum absolute atomic E-state index is 0.117. The summed E-state index contributed by atoms with van der Waals surface area (Å²) in [6.07, 6.45) is 0. The van der Waals surface area contributed by atoms with Gasteiger partial charge in [-0.25, -0.2) is 0 Å². The Balaban J connectivity index is 1.99. The molecule has 1 saturated heterocycles. The molecule has 0 saturated carbocycles. The molecule has 10 heteroatoms. The Morgan fingerprint density at radius 3 is 2.78 bits per heavy atom. The second-order valence-electron chi connectivity index (χ2n) is 4.72. The summed E-state index contributed by atoms with van der Waals surface area (Å²) < 4.78 is 36.1. The molecule has 0 aromatic heterocycles. The van der Waals surface area contributed by atoms with E-state index in [1.165, 1.54) is 12.1 Å². The van der Waals surface area contributed by atoms with Gasteiger partial charge >= 0.3 is 5.51 Å². The van der Waals surface area contributed by atoms with Gasteiger partial charge in [0.25, 0.3) is 0 Å². The number of hydrogen-bond acceptors (Lipinski definition) is 4. The van der Waals surface area contributed by atoms with E-state index in [9.17, 15) is 22.8 Å². The predicted octanol–water partition coefficient (Wildman–Crippen LogP) is 2.47. The van der Waals surface area contributed by atoms with Gasteiger partial charge in [0.2, 0.25) is 11.8 Å². The van der Waals surface area contributed by atoms with Crippen molar-refractivity contribution in [3.63, 3.8) is 0 Å². The van der Waals surface area contributed by atoms with E-state index in [2.05, 4.69) is 10.6 Å². The molecule has 1 aliphatic rings. The van der Waals surface area contributed by atoms with E-state index in [-0.39, 0.29) is 12.5 Å². The summed E-state index contributed by atoms with van der Waals surface area (Å²) in [6.45, 7) is 1.27. The van der Waals surface area contributed by atoms with E-state index < -0.39 is 28.9 Å². The smallest absolute Gasteiger partial charge is 0.359 e. The highest BCUT2D eigenvalue weighted by Crippen LogP contribution is 2.31. The highest BCUT2D eigenvalue weighted by molar-refractivity contribution is 8.00. The number of anilines is 2. The first-order chi connectivity index (χ1) is 10.7. The van der Waals surface area contributed by atoms with Crippen molar-refractivity contribution in [2.24, 2.45) is 0 Å². The van der Waals surface area contributed by atoms with Crippen molar-refractivity contribution in [1.82, 2.24) is 5.32 Å². The number of carbonyl (C=O) groups is 2. The standard InChI is InChI=1S/C13H13ClF3N3O2S/c14-9-5-8(19-12(22)7-23-13(15,16)17)1-2-10(9)20-4-3-18-11(21)6-20/h1-2,5H,3-4,6-7H2,(H,18,21)(H,19,22). The van der Waals surface area contributed by atoms with Gasteiger partial charge in [-0.3, -0.25) is 9.59 Å². The molecule has 126 valence electrons. The second-order valence-corrected chi connectivity index (χ2v) is 6.17. The zero-order valence-corrected chi connectivity index (χ0v) is 13.3. The summed E-state index contributed by atoms with van der Waals surface area (Å²) in [7, 11) is 0. The van der Waals surface area contributed by atoms with Crippen molar-refractivity contribution in [3.8, 4) is 0 Å². The SMILES string of the molecule is O=C1CN(c2ccc(NC(=O)CSC(F)(F)F)cc2Cl)CCN1. The maximum absolute atomic E-state index is 12.0. The molecule has 23 heavy (non-hydrogen) atoms. The molecule has 5 nitrogen and oxygen atoms in total. The lowest BCUT2D eigenvalue weighted by atomic mass is 10.2. The Bertz CT molecular complexity index is 613. The Hall–Kier alpha value is -1.61. The fourth-order valence-electron chi connectivity index (χ4n) is 2.03. The van der Waals surface area contributed by atoms with Crippen molar-refractivity contribution in [1.29, 1.82) is 0 Å². The summed E-state index contributed by atoms with van der Waals surface area (Å²) >= 11 is 5.73. The third kappa shape index (κ3) is 5.51. The average Bonchev–Trinajstić information content (AvgIpc) is 2.44. The highest BCUT2D eigenvalue weighted by Gasteiger charge is 2.29. The van der Waals surface area contributed by atoms with E-state index in [1.807, 2.05) is 0 Å². The number of rotatable bonds is 4. The first-order valence-electron chi connectivity index (χ1n) is 6.56. The number of carbonyl (C=O) groups excluding carboxylic acids is 2. The molecule has 2 N–H and O–H groups in total. The minimum Gasteiger partial charge on any atom is -0.359 e. The maximum atomic E-state index is 12.0. The summed E-state index contributed by atoms with van der Waals surface area (Å²) in [4.78, 5) is 24.6. The molecular weight excluding hydrogens is 355 g/mol. The van der Waals surface area contributed by atoms with Crippen LogP contribution in [-0.4, -0.2) is 42.7 Å². The molecule has 0 atom stereocenters. The molecule has 2 rings (SSSR count). The van der Waals surface area contributed by atoms with E-state index in [0.29, 0.717) is 29.5 Å². The predicted molar refractivity (Wildman–Crippen MR) is 83.8 cm³/mol. The summed E-state index contributed by atoms with van der Waals surface area (Å²) in [6, 6.07) is 4.59. The van der Waals surface area contributed by atoms with Crippen LogP contribution in [-0.2, 0) is 9.59 Å². The van der Waals surface area contributed by atoms with Crippen LogP contribution in [0.1, 0.15) is 0 Å². The van der Waals surface area contributed by atoms with Crippen molar-refractivity contribution < 1.29 is 22.8 Å². The number of halogens is 4. The molecule has 1 fully saturated rings. The summed E-state index contributed by atoms with van der Waals surface area (Å²) in [5, 5.41) is 5.35. The lowest BCUT2D eigenvalue weighted by molar-refractivity contribution is -0.120. The number of benzene rings is 1. The number of alkyl halides is 3. The molecule has 1 aromatic rings. The number of amides is 2. The van der Waals surface area contributed by atoms with Crippen LogP contribution < -0.4 is 15.5 Å². The lowest BCUT2D eigenvalue weighted by Gasteiger charge is -2.29. The Labute approximate surface area is 139 Å². The fraction of sp³-hybridized carbons (Fsp3) is 0.385. The first-order valence-corrected chi connectivity index (χ1v) is 7.93. The van der Waals surface area contributed by atoms with Gasteiger partial charge in [-0.2, -0.15) is 13.2 Å². The first kappa shape index (κ1) is 17.7. The molecule has 0 spiro atoms. The Morgan fingerprint density at radius 2 is 2.17 bits per heavy atom. The van der Waals surface area contributed by atoms with Crippen molar-refractivity contribution >= 4 is 46.6 Å². The van der Waals surface area contributed by atoms with E-state index in [4.69, 9.17) is 11.6 Å².